The predicted octanol–water partition coefficient (Wildman–Crippen LogP) is 5.50. The average Bonchev–Trinajstić information content (AvgIpc) is 3.00. The van der Waals surface area contributed by atoms with Crippen LogP contribution in [0.15, 0.2) is 66.9 Å². The van der Waals surface area contributed by atoms with E-state index in [2.05, 4.69) is 0 Å². The number of esters is 1. The van der Waals surface area contributed by atoms with E-state index < -0.39 is 0 Å². The molecule has 0 atom stereocenters. The summed E-state index contributed by atoms with van der Waals surface area (Å²) in [5.41, 5.74) is 3.29. The molecule has 2 aromatic carbocycles. The molecule has 0 fully saturated rings. The van der Waals surface area contributed by atoms with Crippen LogP contribution in [0.5, 0.6) is 5.75 Å². The van der Waals surface area contributed by atoms with E-state index in [1.807, 2.05) is 71.3 Å². The molecule has 0 saturated heterocycles. The smallest absolute Gasteiger partial charge is 0.340 e. The van der Waals surface area contributed by atoms with Gasteiger partial charge in [-0.15, -0.1) is 0 Å². The minimum Gasteiger partial charge on any atom is -0.489 e. The second kappa shape index (κ2) is 7.33. The van der Waals surface area contributed by atoms with Crippen molar-refractivity contribution in [1.82, 2.24) is 4.40 Å². The normalized spacial score (nSPS) is 11.0. The van der Waals surface area contributed by atoms with Gasteiger partial charge in [0.1, 0.15) is 12.4 Å². The Morgan fingerprint density at radius 1 is 1.04 bits per heavy atom. The summed E-state index contributed by atoms with van der Waals surface area (Å²) in [6.07, 6.45) is 1.93. The van der Waals surface area contributed by atoms with Gasteiger partial charge in [0.05, 0.1) is 23.2 Å². The number of hydrogen-bond acceptors (Lipinski definition) is 3. The van der Waals surface area contributed by atoms with Gasteiger partial charge in [0.15, 0.2) is 0 Å². The molecule has 27 heavy (non-hydrogen) atoms. The fourth-order valence-electron chi connectivity index (χ4n) is 3.22. The number of aromatic nitrogens is 1. The fourth-order valence-corrected chi connectivity index (χ4v) is 3.43. The lowest BCUT2D eigenvalue weighted by Gasteiger charge is -2.07. The molecule has 4 nitrogen and oxygen atoms in total. The summed E-state index contributed by atoms with van der Waals surface area (Å²) < 4.78 is 13.2. The SMILES string of the molecule is CCOC(=O)c1c2ccc(OCc3cccc(Cl)c3)cc2n2ccccc12. The van der Waals surface area contributed by atoms with Crippen LogP contribution in [0.25, 0.3) is 16.4 Å². The molecule has 0 bridgehead atoms. The Balaban J connectivity index is 1.74. The van der Waals surface area contributed by atoms with Crippen LogP contribution in [0.3, 0.4) is 0 Å². The Morgan fingerprint density at radius 2 is 1.93 bits per heavy atom. The standard InChI is InChI=1S/C22H18ClNO3/c1-2-26-22(25)21-18-10-9-17(27-14-15-6-5-7-16(23)12-15)13-20(18)24-11-4-3-8-19(21)24/h3-13H,2,14H2,1H3. The Bertz CT molecular complexity index is 1130. The lowest BCUT2D eigenvalue weighted by atomic mass is 10.1. The van der Waals surface area contributed by atoms with Crippen molar-refractivity contribution in [3.05, 3.63) is 83.0 Å². The molecule has 0 saturated carbocycles. The second-order valence-corrected chi connectivity index (χ2v) is 6.59. The van der Waals surface area contributed by atoms with E-state index in [1.165, 1.54) is 0 Å². The van der Waals surface area contributed by atoms with Crippen LogP contribution in [-0.4, -0.2) is 17.0 Å². The first kappa shape index (κ1) is 17.4. The van der Waals surface area contributed by atoms with Gasteiger partial charge in [-0.05, 0) is 48.9 Å². The first-order chi connectivity index (χ1) is 13.2. The molecule has 0 spiro atoms. The molecular weight excluding hydrogens is 362 g/mol. The van der Waals surface area contributed by atoms with Crippen LogP contribution in [0.4, 0.5) is 0 Å². The molecule has 0 N–H and O–H groups in total. The first-order valence-electron chi connectivity index (χ1n) is 8.74. The number of ether oxygens (including phenoxy) is 2. The number of benzene rings is 2. The fraction of sp³-hybridized carbons (Fsp3) is 0.136. The lowest BCUT2D eigenvalue weighted by Crippen LogP contribution is -2.04. The number of halogens is 1. The molecular formula is C22H18ClNO3. The number of pyridine rings is 1. The lowest BCUT2D eigenvalue weighted by molar-refractivity contribution is 0.0531. The highest BCUT2D eigenvalue weighted by Crippen LogP contribution is 2.30. The van der Waals surface area contributed by atoms with Gasteiger partial charge in [0.2, 0.25) is 0 Å². The third-order valence-electron chi connectivity index (χ3n) is 4.39. The van der Waals surface area contributed by atoms with Gasteiger partial charge in [-0.1, -0.05) is 29.8 Å². The minimum atomic E-state index is -0.316. The summed E-state index contributed by atoms with van der Waals surface area (Å²) in [5, 5.41) is 1.53. The molecule has 0 aliphatic carbocycles. The molecule has 2 heterocycles. The van der Waals surface area contributed by atoms with E-state index in [0.717, 1.165) is 27.7 Å². The molecule has 136 valence electrons. The van der Waals surface area contributed by atoms with Crippen molar-refractivity contribution in [2.75, 3.05) is 6.61 Å². The van der Waals surface area contributed by atoms with Crippen LogP contribution in [0.1, 0.15) is 22.8 Å². The molecule has 0 amide bonds. The van der Waals surface area contributed by atoms with Crippen LogP contribution in [0.2, 0.25) is 5.02 Å². The number of fused-ring (bicyclic) bond motifs is 3. The van der Waals surface area contributed by atoms with E-state index in [-0.39, 0.29) is 5.97 Å². The summed E-state index contributed by atoms with van der Waals surface area (Å²) in [4.78, 5) is 12.5. The first-order valence-corrected chi connectivity index (χ1v) is 9.12. The zero-order valence-corrected chi connectivity index (χ0v) is 15.6. The number of carbonyl (C=O) groups is 1. The highest BCUT2D eigenvalue weighted by molar-refractivity contribution is 6.30. The highest BCUT2D eigenvalue weighted by Gasteiger charge is 2.19. The van der Waals surface area contributed by atoms with Gasteiger partial charge in [-0.2, -0.15) is 0 Å². The predicted molar refractivity (Wildman–Crippen MR) is 107 cm³/mol. The van der Waals surface area contributed by atoms with Gasteiger partial charge >= 0.3 is 5.97 Å². The minimum absolute atomic E-state index is 0.316. The van der Waals surface area contributed by atoms with Gasteiger partial charge in [0, 0.05) is 22.7 Å². The van der Waals surface area contributed by atoms with Crippen molar-refractivity contribution in [1.29, 1.82) is 0 Å². The van der Waals surface area contributed by atoms with E-state index in [0.29, 0.717) is 23.8 Å². The van der Waals surface area contributed by atoms with Crippen LogP contribution in [-0.2, 0) is 11.3 Å². The summed E-state index contributed by atoms with van der Waals surface area (Å²) in [6.45, 7) is 2.56. The third-order valence-corrected chi connectivity index (χ3v) is 4.62. The van der Waals surface area contributed by atoms with Crippen LogP contribution < -0.4 is 4.74 Å². The Hall–Kier alpha value is -2.98. The quantitative estimate of drug-likeness (QED) is 0.430. The Labute approximate surface area is 161 Å². The van der Waals surface area contributed by atoms with E-state index in [1.54, 1.807) is 6.92 Å². The third kappa shape index (κ3) is 3.36. The maximum atomic E-state index is 12.5. The van der Waals surface area contributed by atoms with Crippen molar-refractivity contribution >= 4 is 34.0 Å². The van der Waals surface area contributed by atoms with Crippen molar-refractivity contribution in [2.45, 2.75) is 13.5 Å². The maximum Gasteiger partial charge on any atom is 0.340 e. The summed E-state index contributed by atoms with van der Waals surface area (Å²) >= 11 is 6.03. The molecule has 0 unspecified atom stereocenters. The summed E-state index contributed by atoms with van der Waals surface area (Å²) in [6, 6.07) is 19.1. The maximum absolute atomic E-state index is 12.5. The largest absolute Gasteiger partial charge is 0.489 e. The van der Waals surface area contributed by atoms with Crippen molar-refractivity contribution in [2.24, 2.45) is 0 Å². The monoisotopic (exact) mass is 379 g/mol. The van der Waals surface area contributed by atoms with Gasteiger partial charge in [-0.3, -0.25) is 0 Å². The molecule has 0 radical (unpaired) electrons. The highest BCUT2D eigenvalue weighted by atomic mass is 35.5. The molecule has 0 aliphatic heterocycles. The average molecular weight is 380 g/mol. The van der Waals surface area contributed by atoms with Crippen LogP contribution >= 0.6 is 11.6 Å². The molecule has 4 rings (SSSR count). The van der Waals surface area contributed by atoms with Crippen molar-refractivity contribution < 1.29 is 14.3 Å². The zero-order chi connectivity index (χ0) is 18.8. The second-order valence-electron chi connectivity index (χ2n) is 6.15. The van der Waals surface area contributed by atoms with Crippen molar-refractivity contribution in [3.8, 4) is 5.75 Å². The topological polar surface area (TPSA) is 39.9 Å². The number of rotatable bonds is 5. The molecule has 0 aliphatic rings. The van der Waals surface area contributed by atoms with E-state index in [4.69, 9.17) is 21.1 Å². The van der Waals surface area contributed by atoms with Gasteiger partial charge in [0.25, 0.3) is 0 Å². The number of carbonyl (C=O) groups excluding carboxylic acids is 1. The number of nitrogens with zero attached hydrogens (tertiary/aromatic N) is 1. The molecule has 4 aromatic rings. The molecule has 2 aromatic heterocycles. The van der Waals surface area contributed by atoms with Gasteiger partial charge in [-0.25, -0.2) is 4.79 Å². The van der Waals surface area contributed by atoms with E-state index in [9.17, 15) is 4.79 Å². The van der Waals surface area contributed by atoms with Crippen LogP contribution in [0, 0.1) is 0 Å². The summed E-state index contributed by atoms with van der Waals surface area (Å²) in [7, 11) is 0. The Kier molecular flexibility index (Phi) is 4.73. The van der Waals surface area contributed by atoms with Gasteiger partial charge < -0.3 is 13.9 Å². The van der Waals surface area contributed by atoms with Crippen molar-refractivity contribution in [3.63, 3.8) is 0 Å². The summed E-state index contributed by atoms with van der Waals surface area (Å²) in [5.74, 6) is 0.407. The molecule has 5 heteroatoms. The number of hydrogen-bond donors (Lipinski definition) is 0. The Morgan fingerprint density at radius 3 is 2.74 bits per heavy atom. The zero-order valence-electron chi connectivity index (χ0n) is 14.8. The van der Waals surface area contributed by atoms with E-state index >= 15 is 0 Å².